The van der Waals surface area contributed by atoms with Gasteiger partial charge in [-0.3, -0.25) is 4.90 Å². The molecule has 4 rings (SSSR count). The van der Waals surface area contributed by atoms with Crippen LogP contribution in [0.4, 0.5) is 13.2 Å². The number of hydrogen-bond donors (Lipinski definition) is 0. The molecule has 1 aliphatic rings. The summed E-state index contributed by atoms with van der Waals surface area (Å²) in [7, 11) is 0. The van der Waals surface area contributed by atoms with Crippen LogP contribution in [0.1, 0.15) is 34.2 Å². The van der Waals surface area contributed by atoms with Crippen LogP contribution in [0.2, 0.25) is 0 Å². The molecule has 2 heterocycles. The quantitative estimate of drug-likeness (QED) is 0.642. The van der Waals surface area contributed by atoms with Crippen molar-refractivity contribution in [1.29, 1.82) is 0 Å². The molecule has 0 aliphatic carbocycles. The van der Waals surface area contributed by atoms with Crippen LogP contribution in [0.5, 0.6) is 0 Å². The first-order valence-corrected chi connectivity index (χ1v) is 9.36. The minimum Gasteiger partial charge on any atom is -0.356 e. The zero-order valence-electron chi connectivity index (χ0n) is 15.9. The zero-order valence-corrected chi connectivity index (χ0v) is 15.9. The van der Waals surface area contributed by atoms with Gasteiger partial charge in [0.2, 0.25) is 0 Å². The van der Waals surface area contributed by atoms with E-state index in [1.165, 1.54) is 21.9 Å². The predicted molar refractivity (Wildman–Crippen MR) is 101 cm³/mol. The maximum atomic E-state index is 12.9. The Bertz CT molecular complexity index is 969. The topological polar surface area (TPSA) is 43.2 Å². The van der Waals surface area contributed by atoms with Crippen molar-refractivity contribution < 1.29 is 17.9 Å². The largest absolute Gasteiger partial charge is 0.416 e. The predicted octanol–water partition coefficient (Wildman–Crippen LogP) is 4.18. The van der Waals surface area contributed by atoms with Gasteiger partial charge in [0, 0.05) is 13.1 Å². The standard InChI is InChI=1S/C21H21F3N4O/c1-15-5-7-16(8-6-15)12-27-9-10-29-20(27)19-14-28(26-25-19)13-17-3-2-4-18(11-17)21(22,23)24/h2-8,11,14,20H,9-10,12-13H2,1H3/t20-/m1/s1. The molecule has 1 aliphatic heterocycles. The highest BCUT2D eigenvalue weighted by molar-refractivity contribution is 5.26. The maximum absolute atomic E-state index is 12.9. The third-order valence-corrected chi connectivity index (χ3v) is 4.90. The van der Waals surface area contributed by atoms with Crippen LogP contribution in [0.15, 0.2) is 54.7 Å². The molecule has 3 aromatic rings. The molecule has 0 amide bonds. The lowest BCUT2D eigenvalue weighted by Gasteiger charge is -2.21. The van der Waals surface area contributed by atoms with Gasteiger partial charge in [0.15, 0.2) is 6.23 Å². The molecule has 1 atom stereocenters. The molecule has 1 fully saturated rings. The van der Waals surface area contributed by atoms with Gasteiger partial charge in [0.05, 0.1) is 24.9 Å². The maximum Gasteiger partial charge on any atom is 0.416 e. The van der Waals surface area contributed by atoms with E-state index in [1.807, 2.05) is 6.92 Å². The number of ether oxygens (including phenoxy) is 1. The normalized spacial score (nSPS) is 17.7. The Balaban J connectivity index is 1.46. The lowest BCUT2D eigenvalue weighted by Crippen LogP contribution is -2.23. The summed E-state index contributed by atoms with van der Waals surface area (Å²) in [6.07, 6.45) is -2.94. The first kappa shape index (κ1) is 19.6. The van der Waals surface area contributed by atoms with Gasteiger partial charge < -0.3 is 4.74 Å². The van der Waals surface area contributed by atoms with E-state index in [0.717, 1.165) is 25.2 Å². The molecule has 2 aromatic carbocycles. The van der Waals surface area contributed by atoms with Gasteiger partial charge >= 0.3 is 6.18 Å². The summed E-state index contributed by atoms with van der Waals surface area (Å²) in [5.74, 6) is 0. The Hall–Kier alpha value is -2.71. The van der Waals surface area contributed by atoms with Crippen LogP contribution in [0, 0.1) is 6.92 Å². The molecule has 0 bridgehead atoms. The van der Waals surface area contributed by atoms with Crippen molar-refractivity contribution in [2.75, 3.05) is 13.2 Å². The number of nitrogens with zero attached hydrogens (tertiary/aromatic N) is 4. The van der Waals surface area contributed by atoms with Crippen LogP contribution in [-0.4, -0.2) is 33.0 Å². The van der Waals surface area contributed by atoms with E-state index < -0.39 is 11.7 Å². The van der Waals surface area contributed by atoms with Crippen LogP contribution in [0.3, 0.4) is 0 Å². The first-order chi connectivity index (χ1) is 13.9. The molecule has 0 unspecified atom stereocenters. The van der Waals surface area contributed by atoms with Crippen molar-refractivity contribution in [2.45, 2.75) is 32.4 Å². The average Bonchev–Trinajstić information content (AvgIpc) is 3.32. The fourth-order valence-corrected chi connectivity index (χ4v) is 3.40. The number of alkyl halides is 3. The third kappa shape index (κ3) is 4.65. The second-order valence-electron chi connectivity index (χ2n) is 7.22. The molecule has 0 radical (unpaired) electrons. The molecule has 1 saturated heterocycles. The van der Waals surface area contributed by atoms with Crippen molar-refractivity contribution in [2.24, 2.45) is 0 Å². The Morgan fingerprint density at radius 1 is 1.07 bits per heavy atom. The van der Waals surface area contributed by atoms with E-state index in [9.17, 15) is 13.2 Å². The van der Waals surface area contributed by atoms with E-state index in [4.69, 9.17) is 4.74 Å². The highest BCUT2D eigenvalue weighted by Crippen LogP contribution is 2.30. The van der Waals surface area contributed by atoms with Crippen LogP contribution in [-0.2, 0) is 24.0 Å². The Morgan fingerprint density at radius 2 is 1.86 bits per heavy atom. The monoisotopic (exact) mass is 402 g/mol. The summed E-state index contributed by atoms with van der Waals surface area (Å²) in [6.45, 7) is 4.36. The van der Waals surface area contributed by atoms with Crippen molar-refractivity contribution in [3.8, 4) is 0 Å². The molecule has 0 saturated carbocycles. The average molecular weight is 402 g/mol. The summed E-state index contributed by atoms with van der Waals surface area (Å²) in [5, 5.41) is 8.28. The molecule has 5 nitrogen and oxygen atoms in total. The van der Waals surface area contributed by atoms with Gasteiger partial charge in [-0.15, -0.1) is 5.10 Å². The van der Waals surface area contributed by atoms with Gasteiger partial charge in [-0.2, -0.15) is 13.2 Å². The van der Waals surface area contributed by atoms with Gasteiger partial charge in [-0.1, -0.05) is 47.2 Å². The zero-order chi connectivity index (χ0) is 20.4. The minimum absolute atomic E-state index is 0.210. The fraction of sp³-hybridized carbons (Fsp3) is 0.333. The van der Waals surface area contributed by atoms with E-state index in [-0.39, 0.29) is 12.8 Å². The number of halogens is 3. The summed E-state index contributed by atoms with van der Waals surface area (Å²) in [4.78, 5) is 2.17. The van der Waals surface area contributed by atoms with Crippen molar-refractivity contribution >= 4 is 0 Å². The lowest BCUT2D eigenvalue weighted by atomic mass is 10.1. The highest BCUT2D eigenvalue weighted by atomic mass is 19.4. The molecule has 29 heavy (non-hydrogen) atoms. The van der Waals surface area contributed by atoms with E-state index >= 15 is 0 Å². The molecule has 0 N–H and O–H groups in total. The smallest absolute Gasteiger partial charge is 0.356 e. The second-order valence-corrected chi connectivity index (χ2v) is 7.22. The van der Waals surface area contributed by atoms with E-state index in [1.54, 1.807) is 12.3 Å². The number of aryl methyl sites for hydroxylation is 1. The van der Waals surface area contributed by atoms with Crippen molar-refractivity contribution in [3.63, 3.8) is 0 Å². The molecule has 152 valence electrons. The Morgan fingerprint density at radius 3 is 2.62 bits per heavy atom. The summed E-state index contributed by atoms with van der Waals surface area (Å²) in [6, 6.07) is 13.6. The van der Waals surface area contributed by atoms with Crippen molar-refractivity contribution in [3.05, 3.63) is 82.7 Å². The van der Waals surface area contributed by atoms with Crippen molar-refractivity contribution in [1.82, 2.24) is 19.9 Å². The number of aromatic nitrogens is 3. The Labute approximate surface area is 166 Å². The molecular formula is C21H21F3N4O. The SMILES string of the molecule is Cc1ccc(CN2CCO[C@@H]2c2cn(Cc3cccc(C(F)(F)F)c3)nn2)cc1. The molecule has 8 heteroatoms. The lowest BCUT2D eigenvalue weighted by molar-refractivity contribution is -0.137. The molecule has 0 spiro atoms. The number of rotatable bonds is 5. The highest BCUT2D eigenvalue weighted by Gasteiger charge is 2.31. The van der Waals surface area contributed by atoms with E-state index in [0.29, 0.717) is 17.9 Å². The van der Waals surface area contributed by atoms with Crippen LogP contribution in [0.25, 0.3) is 0 Å². The number of hydrogen-bond acceptors (Lipinski definition) is 4. The minimum atomic E-state index is -4.36. The first-order valence-electron chi connectivity index (χ1n) is 9.36. The summed E-state index contributed by atoms with van der Waals surface area (Å²) in [5.41, 5.74) is 2.89. The molecule has 1 aromatic heterocycles. The van der Waals surface area contributed by atoms with Gasteiger partial charge in [-0.25, -0.2) is 4.68 Å². The molecular weight excluding hydrogens is 381 g/mol. The summed E-state index contributed by atoms with van der Waals surface area (Å²) >= 11 is 0. The van der Waals surface area contributed by atoms with E-state index in [2.05, 4.69) is 39.5 Å². The van der Waals surface area contributed by atoms with Crippen LogP contribution < -0.4 is 0 Å². The van der Waals surface area contributed by atoms with Gasteiger partial charge in [-0.05, 0) is 30.2 Å². The third-order valence-electron chi connectivity index (χ3n) is 4.90. The second kappa shape index (κ2) is 7.96. The number of benzene rings is 2. The summed E-state index contributed by atoms with van der Waals surface area (Å²) < 4.78 is 46.1. The van der Waals surface area contributed by atoms with Gasteiger partial charge in [0.25, 0.3) is 0 Å². The fourth-order valence-electron chi connectivity index (χ4n) is 3.40. The Kier molecular flexibility index (Phi) is 5.38. The van der Waals surface area contributed by atoms with Crippen LogP contribution >= 0.6 is 0 Å². The van der Waals surface area contributed by atoms with Gasteiger partial charge in [0.1, 0.15) is 5.69 Å².